The van der Waals surface area contributed by atoms with E-state index in [1.807, 2.05) is 0 Å². The van der Waals surface area contributed by atoms with Gasteiger partial charge in [0.1, 0.15) is 0 Å². The molecule has 0 atom stereocenters. The monoisotopic (exact) mass is 296 g/mol. The summed E-state index contributed by atoms with van der Waals surface area (Å²) in [5, 5.41) is -0.205. The van der Waals surface area contributed by atoms with E-state index in [2.05, 4.69) is 43.4 Å². The first-order valence-corrected chi connectivity index (χ1v) is 8.31. The van der Waals surface area contributed by atoms with E-state index in [1.165, 1.54) is 38.5 Å². The van der Waals surface area contributed by atoms with Crippen molar-refractivity contribution < 1.29 is 4.79 Å². The maximum atomic E-state index is 10.5. The van der Waals surface area contributed by atoms with Crippen LogP contribution in [0.15, 0.2) is 36.5 Å². The van der Waals surface area contributed by atoms with E-state index in [9.17, 15) is 4.79 Å². The van der Waals surface area contributed by atoms with E-state index in [4.69, 9.17) is 11.6 Å². The van der Waals surface area contributed by atoms with Crippen molar-refractivity contribution in [1.82, 2.24) is 0 Å². The van der Waals surface area contributed by atoms with Gasteiger partial charge in [-0.25, -0.2) is 0 Å². The third-order valence-corrected chi connectivity index (χ3v) is 3.26. The summed E-state index contributed by atoms with van der Waals surface area (Å²) < 4.78 is 0. The number of hydrogen-bond donors (Lipinski definition) is 0. The minimum atomic E-state index is -0.205. The van der Waals surface area contributed by atoms with Crippen LogP contribution in [0.2, 0.25) is 0 Å². The van der Waals surface area contributed by atoms with Crippen molar-refractivity contribution in [2.75, 3.05) is 0 Å². The van der Waals surface area contributed by atoms with E-state index in [0.29, 0.717) is 6.42 Å². The van der Waals surface area contributed by atoms with E-state index in [-0.39, 0.29) is 5.24 Å². The summed E-state index contributed by atoms with van der Waals surface area (Å²) in [5.41, 5.74) is 0. The van der Waals surface area contributed by atoms with E-state index in [0.717, 1.165) is 19.3 Å². The predicted octanol–water partition coefficient (Wildman–Crippen LogP) is 6.34. The number of halogens is 1. The standard InChI is InChI=1S/C18H29ClO/c1-2-3-4-5-6-7-8-9-10-11-12-13-14-15-16-17-18(19)20/h5-10H,2-4,11-17H2,1H3. The zero-order valence-corrected chi connectivity index (χ0v) is 13.6. The van der Waals surface area contributed by atoms with Crippen molar-refractivity contribution in [2.45, 2.75) is 71.1 Å². The van der Waals surface area contributed by atoms with Gasteiger partial charge in [0.15, 0.2) is 0 Å². The minimum Gasteiger partial charge on any atom is -0.281 e. The molecule has 0 aromatic heterocycles. The average molecular weight is 297 g/mol. The van der Waals surface area contributed by atoms with Gasteiger partial charge in [-0.3, -0.25) is 4.79 Å². The SMILES string of the molecule is CCCCC=CC=CC=CCCCCCCCC(=O)Cl. The average Bonchev–Trinajstić information content (AvgIpc) is 2.43. The van der Waals surface area contributed by atoms with Crippen molar-refractivity contribution in [3.8, 4) is 0 Å². The molecule has 0 spiro atoms. The second kappa shape index (κ2) is 16.2. The molecule has 0 aromatic rings. The second-order valence-electron chi connectivity index (χ2n) is 5.04. The molecule has 0 amide bonds. The molecule has 0 unspecified atom stereocenters. The van der Waals surface area contributed by atoms with Crippen LogP contribution in [0.5, 0.6) is 0 Å². The lowest BCUT2D eigenvalue weighted by atomic mass is 10.1. The lowest BCUT2D eigenvalue weighted by molar-refractivity contribution is -0.111. The molecule has 0 aliphatic carbocycles. The Morgan fingerprint density at radius 1 is 0.800 bits per heavy atom. The molecule has 20 heavy (non-hydrogen) atoms. The molecule has 0 saturated carbocycles. The molecular formula is C18H29ClO. The fourth-order valence-corrected chi connectivity index (χ4v) is 1.99. The number of carbonyl (C=O) groups excluding carboxylic acids is 1. The maximum Gasteiger partial charge on any atom is 0.221 e. The summed E-state index contributed by atoms with van der Waals surface area (Å²) in [4.78, 5) is 10.5. The summed E-state index contributed by atoms with van der Waals surface area (Å²) in [6, 6.07) is 0. The molecule has 0 radical (unpaired) electrons. The van der Waals surface area contributed by atoms with Crippen LogP contribution in [0.1, 0.15) is 71.1 Å². The van der Waals surface area contributed by atoms with Crippen molar-refractivity contribution >= 4 is 16.8 Å². The molecule has 0 heterocycles. The van der Waals surface area contributed by atoms with Gasteiger partial charge in [0, 0.05) is 6.42 Å². The Hall–Kier alpha value is -0.820. The first kappa shape index (κ1) is 19.2. The van der Waals surface area contributed by atoms with Crippen LogP contribution >= 0.6 is 11.6 Å². The Bertz CT molecular complexity index is 303. The van der Waals surface area contributed by atoms with Gasteiger partial charge in [-0.2, -0.15) is 0 Å². The Morgan fingerprint density at radius 3 is 1.95 bits per heavy atom. The van der Waals surface area contributed by atoms with Gasteiger partial charge in [0.2, 0.25) is 5.24 Å². The van der Waals surface area contributed by atoms with E-state index in [1.54, 1.807) is 0 Å². The summed E-state index contributed by atoms with van der Waals surface area (Å²) in [7, 11) is 0. The minimum absolute atomic E-state index is 0.205. The highest BCUT2D eigenvalue weighted by Crippen LogP contribution is 2.08. The molecule has 2 heteroatoms. The summed E-state index contributed by atoms with van der Waals surface area (Å²) >= 11 is 5.28. The molecular weight excluding hydrogens is 268 g/mol. The van der Waals surface area contributed by atoms with Gasteiger partial charge in [-0.1, -0.05) is 75.5 Å². The third kappa shape index (κ3) is 17.2. The lowest BCUT2D eigenvalue weighted by Gasteiger charge is -1.97. The molecule has 0 aromatic carbocycles. The zero-order valence-electron chi connectivity index (χ0n) is 12.8. The Kier molecular flexibility index (Phi) is 15.6. The normalized spacial score (nSPS) is 12.1. The summed E-state index contributed by atoms with van der Waals surface area (Å²) in [5.74, 6) is 0. The van der Waals surface area contributed by atoms with Crippen LogP contribution in [0.25, 0.3) is 0 Å². The van der Waals surface area contributed by atoms with Gasteiger partial charge in [0.05, 0.1) is 0 Å². The molecule has 0 bridgehead atoms. The highest BCUT2D eigenvalue weighted by Gasteiger charge is 1.95. The first-order valence-electron chi connectivity index (χ1n) is 7.94. The quantitative estimate of drug-likeness (QED) is 0.220. The molecule has 0 aliphatic heterocycles. The summed E-state index contributed by atoms with van der Waals surface area (Å²) in [6.45, 7) is 2.21. The Labute approximate surface area is 129 Å². The van der Waals surface area contributed by atoms with Crippen molar-refractivity contribution in [3.63, 3.8) is 0 Å². The summed E-state index contributed by atoms with van der Waals surface area (Å²) in [6.07, 6.45) is 24.0. The van der Waals surface area contributed by atoms with Crippen LogP contribution in [0.3, 0.4) is 0 Å². The largest absolute Gasteiger partial charge is 0.281 e. The number of carbonyl (C=O) groups is 1. The van der Waals surface area contributed by atoms with Crippen LogP contribution in [0, 0.1) is 0 Å². The molecule has 0 fully saturated rings. The molecule has 1 nitrogen and oxygen atoms in total. The number of hydrogen-bond acceptors (Lipinski definition) is 1. The second-order valence-corrected chi connectivity index (χ2v) is 5.47. The topological polar surface area (TPSA) is 17.1 Å². The highest BCUT2D eigenvalue weighted by atomic mass is 35.5. The van der Waals surface area contributed by atoms with Crippen molar-refractivity contribution in [1.29, 1.82) is 0 Å². The van der Waals surface area contributed by atoms with Crippen molar-refractivity contribution in [3.05, 3.63) is 36.5 Å². The number of rotatable bonds is 13. The predicted molar refractivity (Wildman–Crippen MR) is 90.1 cm³/mol. The van der Waals surface area contributed by atoms with Gasteiger partial charge < -0.3 is 0 Å². The van der Waals surface area contributed by atoms with Crippen LogP contribution in [-0.4, -0.2) is 5.24 Å². The van der Waals surface area contributed by atoms with E-state index < -0.39 is 0 Å². The smallest absolute Gasteiger partial charge is 0.221 e. The fraction of sp³-hybridized carbons (Fsp3) is 0.611. The Morgan fingerprint density at radius 2 is 1.35 bits per heavy atom. The number of allylic oxidation sites excluding steroid dienone is 6. The van der Waals surface area contributed by atoms with E-state index >= 15 is 0 Å². The van der Waals surface area contributed by atoms with Crippen LogP contribution in [-0.2, 0) is 4.79 Å². The van der Waals surface area contributed by atoms with Gasteiger partial charge in [-0.05, 0) is 37.3 Å². The zero-order chi connectivity index (χ0) is 14.9. The van der Waals surface area contributed by atoms with Crippen molar-refractivity contribution in [2.24, 2.45) is 0 Å². The maximum absolute atomic E-state index is 10.5. The number of unbranched alkanes of at least 4 members (excludes halogenated alkanes) is 7. The fourth-order valence-electron chi connectivity index (χ4n) is 1.86. The van der Waals surface area contributed by atoms with Gasteiger partial charge in [-0.15, -0.1) is 0 Å². The van der Waals surface area contributed by atoms with Crippen LogP contribution < -0.4 is 0 Å². The van der Waals surface area contributed by atoms with Gasteiger partial charge in [0.25, 0.3) is 0 Å². The third-order valence-electron chi connectivity index (χ3n) is 3.07. The molecule has 0 N–H and O–H groups in total. The molecule has 0 saturated heterocycles. The first-order chi connectivity index (χ1) is 9.77. The molecule has 114 valence electrons. The molecule has 0 aliphatic rings. The van der Waals surface area contributed by atoms with Gasteiger partial charge >= 0.3 is 0 Å². The highest BCUT2D eigenvalue weighted by molar-refractivity contribution is 6.63. The molecule has 0 rings (SSSR count). The Balaban J connectivity index is 3.29. The van der Waals surface area contributed by atoms with Crippen LogP contribution in [0.4, 0.5) is 0 Å². The lowest BCUT2D eigenvalue weighted by Crippen LogP contribution is -1.86.